The van der Waals surface area contributed by atoms with Crippen LogP contribution in [0.15, 0.2) is 48.0 Å². The van der Waals surface area contributed by atoms with Crippen LogP contribution in [0.25, 0.3) is 11.3 Å². The molecular weight excluding hydrogens is 392 g/mol. The molecule has 0 saturated carbocycles. The summed E-state index contributed by atoms with van der Waals surface area (Å²) in [5.41, 5.74) is 4.79. The molecule has 8 heteroatoms. The van der Waals surface area contributed by atoms with Gasteiger partial charge in [-0.2, -0.15) is 0 Å². The number of pyridine rings is 1. The third kappa shape index (κ3) is 3.88. The van der Waals surface area contributed by atoms with Gasteiger partial charge in [-0.25, -0.2) is 13.4 Å². The molecule has 0 aliphatic carbocycles. The van der Waals surface area contributed by atoms with E-state index in [1.807, 2.05) is 42.6 Å². The molecule has 0 fully saturated rings. The van der Waals surface area contributed by atoms with Crippen molar-refractivity contribution in [3.8, 4) is 11.3 Å². The minimum absolute atomic E-state index is 0.0560. The third-order valence-corrected chi connectivity index (χ3v) is 6.84. The van der Waals surface area contributed by atoms with Crippen LogP contribution in [-0.4, -0.2) is 37.2 Å². The molecule has 1 aliphatic heterocycles. The van der Waals surface area contributed by atoms with Gasteiger partial charge in [0.1, 0.15) is 0 Å². The summed E-state index contributed by atoms with van der Waals surface area (Å²) in [5.74, 6) is 0. The Hall–Kier alpha value is -2.45. The topological polar surface area (TPSA) is 75.2 Å². The first-order valence-electron chi connectivity index (χ1n) is 9.14. The zero-order valence-electron chi connectivity index (χ0n) is 15.8. The highest BCUT2D eigenvalue weighted by molar-refractivity contribution is 7.92. The van der Waals surface area contributed by atoms with Crippen molar-refractivity contribution in [2.45, 2.75) is 25.8 Å². The maximum Gasteiger partial charge on any atom is 0.232 e. The first kappa shape index (κ1) is 18.9. The second kappa shape index (κ2) is 7.52. The molecule has 0 radical (unpaired) electrons. The number of anilines is 2. The van der Waals surface area contributed by atoms with Crippen molar-refractivity contribution < 1.29 is 8.42 Å². The lowest BCUT2D eigenvalue weighted by Gasteiger charge is -2.21. The number of fused-ring (bicyclic) bond motifs is 1. The van der Waals surface area contributed by atoms with Gasteiger partial charge >= 0.3 is 0 Å². The Balaban J connectivity index is 1.47. The van der Waals surface area contributed by atoms with E-state index < -0.39 is 10.0 Å². The highest BCUT2D eigenvalue weighted by Crippen LogP contribution is 2.37. The Bertz CT molecular complexity index is 1080. The summed E-state index contributed by atoms with van der Waals surface area (Å²) in [7, 11) is -3.27. The summed E-state index contributed by atoms with van der Waals surface area (Å²) >= 11 is 1.57. The van der Waals surface area contributed by atoms with E-state index in [9.17, 15) is 8.42 Å². The van der Waals surface area contributed by atoms with Crippen molar-refractivity contribution in [3.05, 3.63) is 59.2 Å². The van der Waals surface area contributed by atoms with Crippen molar-refractivity contribution in [3.63, 3.8) is 0 Å². The van der Waals surface area contributed by atoms with Gasteiger partial charge in [-0.3, -0.25) is 9.29 Å². The summed E-state index contributed by atoms with van der Waals surface area (Å²) < 4.78 is 25.7. The Morgan fingerprint density at radius 1 is 1.29 bits per heavy atom. The van der Waals surface area contributed by atoms with Crippen molar-refractivity contribution in [1.29, 1.82) is 0 Å². The van der Waals surface area contributed by atoms with Crippen molar-refractivity contribution in [2.75, 3.05) is 22.4 Å². The first-order valence-corrected chi connectivity index (χ1v) is 11.9. The van der Waals surface area contributed by atoms with Gasteiger partial charge in [0.25, 0.3) is 0 Å². The number of nitrogens with one attached hydrogen (secondary N) is 1. The van der Waals surface area contributed by atoms with E-state index in [-0.39, 0.29) is 6.04 Å². The molecule has 0 bridgehead atoms. The number of rotatable bonds is 6. The van der Waals surface area contributed by atoms with Crippen LogP contribution in [0.4, 0.5) is 10.8 Å². The van der Waals surface area contributed by atoms with Crippen LogP contribution in [0, 0.1) is 0 Å². The van der Waals surface area contributed by atoms with Gasteiger partial charge in [-0.05, 0) is 43.2 Å². The average Bonchev–Trinajstić information content (AvgIpc) is 3.25. The highest BCUT2D eigenvalue weighted by atomic mass is 32.2. The van der Waals surface area contributed by atoms with Crippen LogP contribution in [0.2, 0.25) is 0 Å². The Morgan fingerprint density at radius 2 is 2.14 bits per heavy atom. The molecule has 6 nitrogen and oxygen atoms in total. The van der Waals surface area contributed by atoms with Crippen LogP contribution in [-0.2, 0) is 22.9 Å². The summed E-state index contributed by atoms with van der Waals surface area (Å²) in [5, 5.41) is 6.25. The zero-order chi connectivity index (χ0) is 19.7. The fraction of sp³-hybridized carbons (Fsp3) is 0.300. The van der Waals surface area contributed by atoms with E-state index in [1.54, 1.807) is 17.5 Å². The lowest BCUT2D eigenvalue weighted by Crippen LogP contribution is -2.34. The lowest BCUT2D eigenvalue weighted by molar-refractivity contribution is 0.590. The molecule has 1 N–H and O–H groups in total. The van der Waals surface area contributed by atoms with Crippen LogP contribution < -0.4 is 9.62 Å². The number of hydrogen-bond acceptors (Lipinski definition) is 6. The fourth-order valence-corrected chi connectivity index (χ4v) is 5.61. The number of nitrogens with zero attached hydrogens (tertiary/aromatic N) is 3. The van der Waals surface area contributed by atoms with E-state index in [0.29, 0.717) is 0 Å². The summed E-state index contributed by atoms with van der Waals surface area (Å²) in [6.45, 7) is 2.71. The molecule has 0 saturated heterocycles. The lowest BCUT2D eigenvalue weighted by atomic mass is 10.1. The van der Waals surface area contributed by atoms with Gasteiger partial charge in [0.2, 0.25) is 10.0 Å². The summed E-state index contributed by atoms with van der Waals surface area (Å²) in [6, 6.07) is 11.8. The fourth-order valence-electron chi connectivity index (χ4n) is 3.60. The van der Waals surface area contributed by atoms with Crippen molar-refractivity contribution >= 4 is 32.2 Å². The molecule has 3 heterocycles. The second-order valence-corrected chi connectivity index (χ2v) is 9.71. The molecule has 0 unspecified atom stereocenters. The second-order valence-electron chi connectivity index (χ2n) is 6.99. The SMILES string of the molecule is C[C@@H]1Cc2cc(-c3csc(NCCc4ccccn4)n3)ccc2N1S(C)(=O)=O. The standard InChI is InChI=1S/C20H22N4O2S2/c1-14-11-16-12-15(6-7-19(16)24(14)28(2,25)26)18-13-27-20(23-18)22-10-8-17-5-3-4-9-21-17/h3-7,9,12-14H,8,10-11H2,1-2H3,(H,22,23)/t14-/m1/s1. The normalized spacial score (nSPS) is 16.2. The molecular formula is C20H22N4O2S2. The minimum atomic E-state index is -3.27. The van der Waals surface area contributed by atoms with Crippen LogP contribution in [0.3, 0.4) is 0 Å². The largest absolute Gasteiger partial charge is 0.361 e. The van der Waals surface area contributed by atoms with E-state index in [1.165, 1.54) is 10.6 Å². The number of sulfonamides is 1. The highest BCUT2D eigenvalue weighted by Gasteiger charge is 2.32. The molecule has 146 valence electrons. The maximum atomic E-state index is 12.1. The van der Waals surface area contributed by atoms with E-state index >= 15 is 0 Å². The quantitative estimate of drug-likeness (QED) is 0.667. The van der Waals surface area contributed by atoms with E-state index in [4.69, 9.17) is 0 Å². The molecule has 28 heavy (non-hydrogen) atoms. The van der Waals surface area contributed by atoms with Gasteiger partial charge in [0.15, 0.2) is 5.13 Å². The van der Waals surface area contributed by atoms with Crippen molar-refractivity contribution in [1.82, 2.24) is 9.97 Å². The van der Waals surface area contributed by atoms with Gasteiger partial charge in [-0.15, -0.1) is 11.3 Å². The Labute approximate surface area is 169 Å². The predicted octanol–water partition coefficient (Wildman–Crippen LogP) is 3.57. The molecule has 0 amide bonds. The van der Waals surface area contributed by atoms with Gasteiger partial charge in [-0.1, -0.05) is 12.1 Å². The average molecular weight is 415 g/mol. The molecule has 1 aliphatic rings. The molecule has 1 atom stereocenters. The molecule has 0 spiro atoms. The van der Waals surface area contributed by atoms with Gasteiger partial charge in [0, 0.05) is 41.8 Å². The zero-order valence-corrected chi connectivity index (χ0v) is 17.4. The smallest absolute Gasteiger partial charge is 0.232 e. The third-order valence-electron chi connectivity index (χ3n) is 4.77. The Morgan fingerprint density at radius 3 is 2.89 bits per heavy atom. The molecule has 3 aromatic rings. The number of benzene rings is 1. The van der Waals surface area contributed by atoms with Crippen LogP contribution >= 0.6 is 11.3 Å². The first-order chi connectivity index (χ1) is 13.4. The monoisotopic (exact) mass is 414 g/mol. The Kier molecular flexibility index (Phi) is 5.07. The van der Waals surface area contributed by atoms with E-state index in [2.05, 4.69) is 21.4 Å². The van der Waals surface area contributed by atoms with Crippen LogP contribution in [0.1, 0.15) is 18.2 Å². The van der Waals surface area contributed by atoms with Gasteiger partial charge in [0.05, 0.1) is 17.6 Å². The molecule has 1 aromatic carbocycles. The number of thiazole rings is 1. The minimum Gasteiger partial charge on any atom is -0.361 e. The predicted molar refractivity (Wildman–Crippen MR) is 114 cm³/mol. The van der Waals surface area contributed by atoms with E-state index in [0.717, 1.165) is 52.7 Å². The van der Waals surface area contributed by atoms with Crippen molar-refractivity contribution in [2.24, 2.45) is 0 Å². The van der Waals surface area contributed by atoms with Crippen LogP contribution in [0.5, 0.6) is 0 Å². The number of hydrogen-bond donors (Lipinski definition) is 1. The number of aromatic nitrogens is 2. The molecule has 4 rings (SSSR count). The summed E-state index contributed by atoms with van der Waals surface area (Å²) in [4.78, 5) is 9.00. The van der Waals surface area contributed by atoms with Gasteiger partial charge < -0.3 is 5.32 Å². The maximum absolute atomic E-state index is 12.1. The molecule has 2 aromatic heterocycles. The summed E-state index contributed by atoms with van der Waals surface area (Å²) in [6.07, 6.45) is 4.62.